The van der Waals surface area contributed by atoms with E-state index in [9.17, 15) is 9.59 Å². The lowest BCUT2D eigenvalue weighted by molar-refractivity contribution is 0.178. The van der Waals surface area contributed by atoms with E-state index in [4.69, 9.17) is 4.74 Å². The predicted molar refractivity (Wildman–Crippen MR) is 114 cm³/mol. The molecule has 0 saturated carbocycles. The summed E-state index contributed by atoms with van der Waals surface area (Å²) in [5.41, 5.74) is 1.76. The van der Waals surface area contributed by atoms with Gasteiger partial charge in [0, 0.05) is 12.1 Å². The van der Waals surface area contributed by atoms with E-state index in [1.807, 2.05) is 84.9 Å². The predicted octanol–water partition coefficient (Wildman–Crippen LogP) is 3.04. The molecule has 1 N–H and O–H groups in total. The van der Waals surface area contributed by atoms with Gasteiger partial charge in [0.15, 0.2) is 0 Å². The number of hydrogen-bond donors (Lipinski definition) is 1. The first-order chi connectivity index (χ1) is 13.7. The Morgan fingerprint density at radius 2 is 1.46 bits per heavy atom. The van der Waals surface area contributed by atoms with Gasteiger partial charge in [0.1, 0.15) is 0 Å². The van der Waals surface area contributed by atoms with Gasteiger partial charge in [0.2, 0.25) is 0 Å². The zero-order valence-corrected chi connectivity index (χ0v) is 16.8. The van der Waals surface area contributed by atoms with Crippen LogP contribution in [0, 0.1) is 0 Å². The second-order valence-corrected chi connectivity index (χ2v) is 10.4. The highest BCUT2D eigenvalue weighted by Gasteiger charge is 2.47. The minimum atomic E-state index is -3.11. The summed E-state index contributed by atoms with van der Waals surface area (Å²) in [7, 11) is -1.71. The number of para-hydroxylation sites is 1. The number of anilines is 1. The number of carbonyl (C=O) groups is 1. The summed E-state index contributed by atoms with van der Waals surface area (Å²) in [6.07, 6.45) is 0.314. The highest BCUT2D eigenvalue weighted by atomic mass is 28.4. The van der Waals surface area contributed by atoms with Crippen LogP contribution < -0.4 is 15.3 Å². The maximum absolute atomic E-state index is 12.3. The fourth-order valence-electron chi connectivity index (χ4n) is 4.25. The van der Waals surface area contributed by atoms with E-state index < -0.39 is 8.32 Å². The van der Waals surface area contributed by atoms with Crippen molar-refractivity contribution in [3.63, 3.8) is 0 Å². The van der Waals surface area contributed by atoms with Gasteiger partial charge in [-0.1, -0.05) is 78.9 Å². The molecule has 0 aromatic heterocycles. The Hall–Kier alpha value is -2.89. The Balaban J connectivity index is 1.89. The molecule has 0 fully saturated rings. The van der Waals surface area contributed by atoms with Crippen LogP contribution >= 0.6 is 0 Å². The summed E-state index contributed by atoms with van der Waals surface area (Å²) in [5.74, 6) is 0. The van der Waals surface area contributed by atoms with Crippen molar-refractivity contribution in [1.82, 2.24) is 0 Å². The zero-order valence-electron chi connectivity index (χ0n) is 15.8. The van der Waals surface area contributed by atoms with Crippen molar-refractivity contribution in [3.8, 4) is 0 Å². The van der Waals surface area contributed by atoms with Crippen LogP contribution in [-0.4, -0.2) is 32.9 Å². The molecule has 4 rings (SSSR count). The first kappa shape index (κ1) is 18.5. The second-order valence-electron chi connectivity index (χ2n) is 7.02. The molecule has 0 spiro atoms. The van der Waals surface area contributed by atoms with Gasteiger partial charge in [0.05, 0.1) is 12.8 Å². The largest absolute Gasteiger partial charge is 0.452 e. The molecule has 3 aromatic carbocycles. The van der Waals surface area contributed by atoms with Crippen molar-refractivity contribution in [2.75, 3.05) is 18.6 Å². The topological polar surface area (TPSA) is 49.8 Å². The standard InChI is InChI=1S/C23H23NO3Si/c1-27-23(25)24-17-16-22(20-14-8-9-15-21(20)24)28(26,18-10-4-2-5-11-18)19-12-6-3-7-13-19/h2-15,22,26H,16-17H2,1H3/t22-/m1/s1. The molecule has 1 amide bonds. The summed E-state index contributed by atoms with van der Waals surface area (Å²) in [4.78, 5) is 26.3. The molecule has 28 heavy (non-hydrogen) atoms. The van der Waals surface area contributed by atoms with Crippen LogP contribution in [0.2, 0.25) is 0 Å². The van der Waals surface area contributed by atoms with Crippen LogP contribution in [0.4, 0.5) is 10.5 Å². The summed E-state index contributed by atoms with van der Waals surface area (Å²) in [5, 5.41) is 1.96. The van der Waals surface area contributed by atoms with E-state index in [-0.39, 0.29) is 11.6 Å². The average molecular weight is 390 g/mol. The van der Waals surface area contributed by atoms with Crippen LogP contribution in [0.1, 0.15) is 17.5 Å². The van der Waals surface area contributed by atoms with Gasteiger partial charge in [-0.15, -0.1) is 0 Å². The molecule has 142 valence electrons. The maximum Gasteiger partial charge on any atom is 0.414 e. The van der Waals surface area contributed by atoms with E-state index in [0.29, 0.717) is 13.0 Å². The number of benzene rings is 3. The molecular weight excluding hydrogens is 366 g/mol. The first-order valence-corrected chi connectivity index (χ1v) is 11.5. The first-order valence-electron chi connectivity index (χ1n) is 9.44. The molecule has 0 radical (unpaired) electrons. The lowest BCUT2D eigenvalue weighted by atomic mass is 10.0. The molecule has 1 heterocycles. The Bertz CT molecular complexity index is 922. The van der Waals surface area contributed by atoms with Gasteiger partial charge >= 0.3 is 6.09 Å². The lowest BCUT2D eigenvalue weighted by Crippen LogP contribution is -2.64. The number of methoxy groups -OCH3 is 1. The fraction of sp³-hybridized carbons (Fsp3) is 0.174. The van der Waals surface area contributed by atoms with Gasteiger partial charge in [-0.2, -0.15) is 0 Å². The van der Waals surface area contributed by atoms with Crippen molar-refractivity contribution in [1.29, 1.82) is 0 Å². The van der Waals surface area contributed by atoms with Crippen LogP contribution in [0.15, 0.2) is 84.9 Å². The number of ether oxygens (including phenoxy) is 1. The third kappa shape index (κ3) is 3.02. The number of carbonyl (C=O) groups excluding carboxylic acids is 1. The number of amides is 1. The van der Waals surface area contributed by atoms with Crippen molar-refractivity contribution < 1.29 is 14.3 Å². The van der Waals surface area contributed by atoms with E-state index in [1.165, 1.54) is 7.11 Å². The van der Waals surface area contributed by atoms with Crippen LogP contribution in [0.5, 0.6) is 0 Å². The van der Waals surface area contributed by atoms with Crippen molar-refractivity contribution in [2.24, 2.45) is 0 Å². The normalized spacial score (nSPS) is 16.4. The molecule has 3 aromatic rings. The van der Waals surface area contributed by atoms with Crippen molar-refractivity contribution in [3.05, 3.63) is 90.5 Å². The summed E-state index contributed by atoms with van der Waals surface area (Å²) >= 11 is 0. The van der Waals surface area contributed by atoms with Gasteiger partial charge < -0.3 is 9.53 Å². The summed E-state index contributed by atoms with van der Waals surface area (Å²) in [6, 6.07) is 27.8. The van der Waals surface area contributed by atoms with Crippen LogP contribution in [0.3, 0.4) is 0 Å². The highest BCUT2D eigenvalue weighted by Crippen LogP contribution is 2.39. The molecule has 1 aliphatic rings. The molecule has 0 bridgehead atoms. The van der Waals surface area contributed by atoms with Crippen molar-refractivity contribution >= 4 is 30.5 Å². The Morgan fingerprint density at radius 3 is 2.04 bits per heavy atom. The molecule has 0 aliphatic carbocycles. The van der Waals surface area contributed by atoms with Gasteiger partial charge in [-0.25, -0.2) is 4.79 Å². The maximum atomic E-state index is 12.3. The molecule has 1 aliphatic heterocycles. The van der Waals surface area contributed by atoms with Gasteiger partial charge in [-0.3, -0.25) is 4.90 Å². The SMILES string of the molecule is COC(=O)N1CC[C@@H]([Si](O)(c2ccccc2)c2ccccc2)c2ccccc21. The Kier molecular flexibility index (Phi) is 5.02. The quantitative estimate of drug-likeness (QED) is 0.701. The van der Waals surface area contributed by atoms with Gasteiger partial charge in [0.25, 0.3) is 8.32 Å². The minimum absolute atomic E-state index is 0.0607. The third-order valence-electron chi connectivity index (χ3n) is 5.57. The monoisotopic (exact) mass is 389 g/mol. The molecule has 0 unspecified atom stereocenters. The van der Waals surface area contributed by atoms with E-state index in [2.05, 4.69) is 0 Å². The number of fused-ring (bicyclic) bond motifs is 1. The van der Waals surface area contributed by atoms with E-state index >= 15 is 0 Å². The smallest absolute Gasteiger partial charge is 0.414 e. The zero-order chi connectivity index (χ0) is 19.6. The van der Waals surface area contributed by atoms with Crippen LogP contribution in [-0.2, 0) is 4.74 Å². The second kappa shape index (κ2) is 7.62. The Morgan fingerprint density at radius 1 is 0.929 bits per heavy atom. The number of rotatable bonds is 3. The average Bonchev–Trinajstić information content (AvgIpc) is 2.78. The molecule has 4 nitrogen and oxygen atoms in total. The lowest BCUT2D eigenvalue weighted by Gasteiger charge is -2.41. The highest BCUT2D eigenvalue weighted by molar-refractivity contribution is 6.97. The summed E-state index contributed by atoms with van der Waals surface area (Å²) in [6.45, 7) is 0.517. The van der Waals surface area contributed by atoms with E-state index in [1.54, 1.807) is 4.90 Å². The molecule has 0 saturated heterocycles. The summed E-state index contributed by atoms with van der Waals surface area (Å²) < 4.78 is 4.97. The molecular formula is C23H23NO3Si. The molecule has 5 heteroatoms. The fourth-order valence-corrected chi connectivity index (χ4v) is 8.03. The molecule has 1 atom stereocenters. The van der Waals surface area contributed by atoms with E-state index in [0.717, 1.165) is 21.6 Å². The van der Waals surface area contributed by atoms with Gasteiger partial charge in [-0.05, 0) is 28.4 Å². The van der Waals surface area contributed by atoms with Crippen LogP contribution in [0.25, 0.3) is 0 Å². The van der Waals surface area contributed by atoms with Crippen molar-refractivity contribution in [2.45, 2.75) is 12.0 Å². The number of hydrogen-bond acceptors (Lipinski definition) is 3. The Labute approximate surface area is 166 Å². The third-order valence-corrected chi connectivity index (χ3v) is 9.61. The minimum Gasteiger partial charge on any atom is -0.452 e. The number of nitrogens with zero attached hydrogens (tertiary/aromatic N) is 1.